The number of pyridine rings is 1. The molecule has 5 nitrogen and oxygen atoms in total. The van der Waals surface area contributed by atoms with Crippen molar-refractivity contribution < 1.29 is 4.79 Å². The largest absolute Gasteiger partial charge is 0.396 e. The number of hydrogen-bond acceptors (Lipinski definition) is 4. The van der Waals surface area contributed by atoms with E-state index in [0.717, 1.165) is 0 Å². The maximum Gasteiger partial charge on any atom is 0.228 e. The molecule has 86 valence electrons. The third-order valence-corrected chi connectivity index (χ3v) is 2.86. The summed E-state index contributed by atoms with van der Waals surface area (Å²) >= 11 is 5.75. The van der Waals surface area contributed by atoms with Gasteiger partial charge in [0.25, 0.3) is 0 Å². The van der Waals surface area contributed by atoms with Crippen molar-refractivity contribution in [3.63, 3.8) is 0 Å². The highest BCUT2D eigenvalue weighted by Gasteiger charge is 2.31. The van der Waals surface area contributed by atoms with Crippen molar-refractivity contribution >= 4 is 29.0 Å². The van der Waals surface area contributed by atoms with Gasteiger partial charge in [0.15, 0.2) is 5.82 Å². The van der Waals surface area contributed by atoms with E-state index in [-0.39, 0.29) is 11.8 Å². The van der Waals surface area contributed by atoms with Crippen molar-refractivity contribution in [1.29, 1.82) is 0 Å². The first-order valence-corrected chi connectivity index (χ1v) is 5.41. The summed E-state index contributed by atoms with van der Waals surface area (Å²) in [7, 11) is 0. The Morgan fingerprint density at radius 2 is 2.38 bits per heavy atom. The van der Waals surface area contributed by atoms with Gasteiger partial charge >= 0.3 is 0 Å². The van der Waals surface area contributed by atoms with Crippen molar-refractivity contribution in [3.8, 4) is 0 Å². The third-order valence-electron chi connectivity index (χ3n) is 2.66. The van der Waals surface area contributed by atoms with E-state index in [9.17, 15) is 4.79 Å². The maximum atomic E-state index is 11.7. The average molecular weight is 241 g/mol. The van der Waals surface area contributed by atoms with Crippen LogP contribution in [0, 0.1) is 5.92 Å². The number of nitrogens with zero attached hydrogens (tertiary/aromatic N) is 2. The molecule has 1 atom stereocenters. The molecule has 0 saturated carbocycles. The second-order valence-corrected chi connectivity index (χ2v) is 4.31. The Hall–Kier alpha value is -1.33. The second kappa shape index (κ2) is 4.27. The monoisotopic (exact) mass is 240 g/mol. The SMILES string of the molecule is NCC1CC(=O)N(c2ncc(Cl)cc2N)C1. The molecule has 1 aromatic heterocycles. The number of carbonyl (C=O) groups excluding carboxylic acids is 1. The van der Waals surface area contributed by atoms with Crippen molar-refractivity contribution in [2.75, 3.05) is 23.7 Å². The van der Waals surface area contributed by atoms with Crippen LogP contribution in [0.3, 0.4) is 0 Å². The lowest BCUT2D eigenvalue weighted by atomic mass is 10.1. The van der Waals surface area contributed by atoms with Gasteiger partial charge in [0.2, 0.25) is 5.91 Å². The molecule has 1 aromatic rings. The molecule has 0 bridgehead atoms. The van der Waals surface area contributed by atoms with E-state index in [1.54, 1.807) is 11.0 Å². The van der Waals surface area contributed by atoms with E-state index in [2.05, 4.69) is 4.98 Å². The number of aromatic nitrogens is 1. The minimum Gasteiger partial charge on any atom is -0.396 e. The highest BCUT2D eigenvalue weighted by atomic mass is 35.5. The molecule has 0 aromatic carbocycles. The van der Waals surface area contributed by atoms with Gasteiger partial charge in [0.05, 0.1) is 10.7 Å². The van der Waals surface area contributed by atoms with E-state index in [4.69, 9.17) is 23.1 Å². The topological polar surface area (TPSA) is 85.2 Å². The summed E-state index contributed by atoms with van der Waals surface area (Å²) in [5.41, 5.74) is 11.7. The number of hydrogen-bond donors (Lipinski definition) is 2. The van der Waals surface area contributed by atoms with Gasteiger partial charge in [-0.15, -0.1) is 0 Å². The fraction of sp³-hybridized carbons (Fsp3) is 0.400. The van der Waals surface area contributed by atoms with Crippen LogP contribution in [-0.4, -0.2) is 24.0 Å². The fourth-order valence-electron chi connectivity index (χ4n) is 1.82. The van der Waals surface area contributed by atoms with Crippen molar-refractivity contribution in [2.24, 2.45) is 11.7 Å². The fourth-order valence-corrected chi connectivity index (χ4v) is 1.98. The molecule has 1 aliphatic heterocycles. The molecule has 0 radical (unpaired) electrons. The lowest BCUT2D eigenvalue weighted by molar-refractivity contribution is -0.117. The zero-order valence-corrected chi connectivity index (χ0v) is 9.44. The van der Waals surface area contributed by atoms with E-state index < -0.39 is 0 Å². The lowest BCUT2D eigenvalue weighted by Gasteiger charge is -2.17. The molecular weight excluding hydrogens is 228 g/mol. The molecule has 1 saturated heterocycles. The minimum absolute atomic E-state index is 0.0111. The average Bonchev–Trinajstić information content (AvgIpc) is 2.60. The lowest BCUT2D eigenvalue weighted by Crippen LogP contribution is -2.27. The highest BCUT2D eigenvalue weighted by Crippen LogP contribution is 2.28. The van der Waals surface area contributed by atoms with E-state index in [1.807, 2.05) is 0 Å². The number of carbonyl (C=O) groups is 1. The Bertz CT molecular complexity index is 423. The first kappa shape index (κ1) is 11.2. The van der Waals surface area contributed by atoms with Crippen LogP contribution in [0.25, 0.3) is 0 Å². The van der Waals surface area contributed by atoms with Gasteiger partial charge < -0.3 is 11.5 Å². The van der Waals surface area contributed by atoms with Crippen molar-refractivity contribution in [1.82, 2.24) is 4.98 Å². The first-order valence-electron chi connectivity index (χ1n) is 5.03. The molecule has 2 heterocycles. The number of amides is 1. The standard InChI is InChI=1S/C10H13ClN4O/c11-7-2-8(13)10(14-4-7)15-5-6(3-12)1-9(15)16/h2,4,6H,1,3,5,12-13H2. The zero-order valence-electron chi connectivity index (χ0n) is 8.69. The summed E-state index contributed by atoms with van der Waals surface area (Å²) in [5.74, 6) is 0.673. The molecule has 2 rings (SSSR count). The van der Waals surface area contributed by atoms with Gasteiger partial charge in [-0.2, -0.15) is 0 Å². The Kier molecular flexibility index (Phi) is 2.98. The third kappa shape index (κ3) is 1.96. The van der Waals surface area contributed by atoms with E-state index in [1.165, 1.54) is 6.20 Å². The minimum atomic E-state index is 0.0111. The van der Waals surface area contributed by atoms with Crippen LogP contribution >= 0.6 is 11.6 Å². The Labute approximate surface area is 98.4 Å². The molecule has 6 heteroatoms. The van der Waals surface area contributed by atoms with Crippen LogP contribution in [0.15, 0.2) is 12.3 Å². The summed E-state index contributed by atoms with van der Waals surface area (Å²) in [6, 6.07) is 1.59. The van der Waals surface area contributed by atoms with Crippen molar-refractivity contribution in [3.05, 3.63) is 17.3 Å². The smallest absolute Gasteiger partial charge is 0.228 e. The molecule has 1 aliphatic rings. The van der Waals surface area contributed by atoms with E-state index >= 15 is 0 Å². The first-order chi connectivity index (χ1) is 7.61. The molecule has 4 N–H and O–H groups in total. The molecule has 1 fully saturated rings. The van der Waals surface area contributed by atoms with Crippen LogP contribution < -0.4 is 16.4 Å². The molecule has 16 heavy (non-hydrogen) atoms. The quantitative estimate of drug-likeness (QED) is 0.794. The summed E-state index contributed by atoms with van der Waals surface area (Å²) in [4.78, 5) is 17.4. The van der Waals surface area contributed by atoms with Crippen molar-refractivity contribution in [2.45, 2.75) is 6.42 Å². The van der Waals surface area contributed by atoms with Gasteiger partial charge in [-0.05, 0) is 18.5 Å². The molecule has 1 amide bonds. The summed E-state index contributed by atoms with van der Waals surface area (Å²) in [6.07, 6.45) is 1.94. The van der Waals surface area contributed by atoms with Crippen LogP contribution in [0.2, 0.25) is 5.02 Å². The number of anilines is 2. The normalized spacial score (nSPS) is 20.5. The van der Waals surface area contributed by atoms with Gasteiger partial charge in [-0.25, -0.2) is 4.98 Å². The molecular formula is C10H13ClN4O. The van der Waals surface area contributed by atoms with Crippen LogP contribution in [0.5, 0.6) is 0 Å². The Balaban J connectivity index is 2.28. The summed E-state index contributed by atoms with van der Waals surface area (Å²) in [5, 5.41) is 0.461. The van der Waals surface area contributed by atoms with Crippen LogP contribution in [0.4, 0.5) is 11.5 Å². The second-order valence-electron chi connectivity index (χ2n) is 3.88. The summed E-state index contributed by atoms with van der Waals surface area (Å²) < 4.78 is 0. The summed E-state index contributed by atoms with van der Waals surface area (Å²) in [6.45, 7) is 1.07. The Morgan fingerprint density at radius 3 is 2.94 bits per heavy atom. The van der Waals surface area contributed by atoms with Crippen LogP contribution in [0.1, 0.15) is 6.42 Å². The van der Waals surface area contributed by atoms with Crippen LogP contribution in [-0.2, 0) is 4.79 Å². The highest BCUT2D eigenvalue weighted by molar-refractivity contribution is 6.30. The predicted molar refractivity (Wildman–Crippen MR) is 63.2 cm³/mol. The maximum absolute atomic E-state index is 11.7. The van der Waals surface area contributed by atoms with Gasteiger partial charge in [0, 0.05) is 19.2 Å². The number of rotatable bonds is 2. The molecule has 0 aliphatic carbocycles. The van der Waals surface area contributed by atoms with Gasteiger partial charge in [0.1, 0.15) is 0 Å². The van der Waals surface area contributed by atoms with Gasteiger partial charge in [-0.3, -0.25) is 9.69 Å². The predicted octanol–water partition coefficient (Wildman–Crippen LogP) is 0.629. The number of nitrogens with two attached hydrogens (primary N) is 2. The molecule has 1 unspecified atom stereocenters. The van der Waals surface area contributed by atoms with E-state index in [0.29, 0.717) is 36.0 Å². The number of nitrogen functional groups attached to an aromatic ring is 1. The van der Waals surface area contributed by atoms with Gasteiger partial charge in [-0.1, -0.05) is 11.6 Å². The molecule has 0 spiro atoms. The zero-order chi connectivity index (χ0) is 11.7. The number of halogens is 1. The Morgan fingerprint density at radius 1 is 1.62 bits per heavy atom.